The van der Waals surface area contributed by atoms with Gasteiger partial charge in [-0.05, 0) is 64.5 Å². The Hall–Kier alpha value is -0.590. The topological polar surface area (TPSA) is 39.1 Å². The van der Waals surface area contributed by atoms with Crippen molar-refractivity contribution < 1.29 is 0 Å². The Kier molecular flexibility index (Phi) is 4.64. The van der Waals surface area contributed by atoms with Crippen molar-refractivity contribution in [2.45, 2.75) is 64.0 Å². The van der Waals surface area contributed by atoms with E-state index in [4.69, 9.17) is 0 Å². The minimum Gasteiger partial charge on any atom is -0.303 e. The maximum absolute atomic E-state index is 9.31. The summed E-state index contributed by atoms with van der Waals surface area (Å²) >= 11 is 0. The summed E-state index contributed by atoms with van der Waals surface area (Å²) in [6, 6.07) is 3.08. The molecule has 0 spiro atoms. The van der Waals surface area contributed by atoms with Gasteiger partial charge in [-0.3, -0.25) is 5.32 Å². The van der Waals surface area contributed by atoms with Gasteiger partial charge in [-0.15, -0.1) is 0 Å². The maximum Gasteiger partial charge on any atom is 0.104 e. The number of hydrogen-bond donors (Lipinski definition) is 1. The van der Waals surface area contributed by atoms with Crippen LogP contribution in [0, 0.1) is 17.2 Å². The molecule has 2 saturated carbocycles. The Balaban J connectivity index is 1.66. The average molecular weight is 249 g/mol. The van der Waals surface area contributed by atoms with Crippen molar-refractivity contribution in [3.05, 3.63) is 0 Å². The van der Waals surface area contributed by atoms with Gasteiger partial charge in [-0.1, -0.05) is 6.92 Å². The fraction of sp³-hybridized carbons (Fsp3) is 0.933. The first-order valence-electron chi connectivity index (χ1n) is 7.56. The number of nitriles is 1. The lowest BCUT2D eigenvalue weighted by Gasteiger charge is -2.26. The summed E-state index contributed by atoms with van der Waals surface area (Å²) < 4.78 is 0. The van der Waals surface area contributed by atoms with Crippen LogP contribution in [0.15, 0.2) is 0 Å². The van der Waals surface area contributed by atoms with Crippen LogP contribution in [0.4, 0.5) is 0 Å². The quantitative estimate of drug-likeness (QED) is 0.682. The highest BCUT2D eigenvalue weighted by Crippen LogP contribution is 2.30. The van der Waals surface area contributed by atoms with Gasteiger partial charge in [0.15, 0.2) is 0 Å². The Morgan fingerprint density at radius 2 is 2.06 bits per heavy atom. The van der Waals surface area contributed by atoms with Gasteiger partial charge in [0.05, 0.1) is 6.07 Å². The summed E-state index contributed by atoms with van der Waals surface area (Å²) in [4.78, 5) is 2.55. The smallest absolute Gasteiger partial charge is 0.104 e. The van der Waals surface area contributed by atoms with Gasteiger partial charge >= 0.3 is 0 Å². The third-order valence-electron chi connectivity index (χ3n) is 4.16. The molecule has 2 aliphatic rings. The molecule has 18 heavy (non-hydrogen) atoms. The van der Waals surface area contributed by atoms with Gasteiger partial charge in [0.1, 0.15) is 5.54 Å². The first-order chi connectivity index (χ1) is 8.65. The van der Waals surface area contributed by atoms with Crippen LogP contribution < -0.4 is 5.32 Å². The van der Waals surface area contributed by atoms with Crippen molar-refractivity contribution in [1.82, 2.24) is 10.2 Å². The molecule has 2 rings (SSSR count). The van der Waals surface area contributed by atoms with E-state index < -0.39 is 0 Å². The van der Waals surface area contributed by atoms with Gasteiger partial charge in [-0.2, -0.15) is 5.26 Å². The fourth-order valence-corrected chi connectivity index (χ4v) is 2.54. The highest BCUT2D eigenvalue weighted by molar-refractivity contribution is 5.07. The number of hydrogen-bond acceptors (Lipinski definition) is 3. The highest BCUT2D eigenvalue weighted by atomic mass is 15.1. The first kappa shape index (κ1) is 13.8. The summed E-state index contributed by atoms with van der Waals surface area (Å²) in [7, 11) is 0. The molecular formula is C15H27N3. The molecule has 3 heteroatoms. The standard InChI is InChI=1S/C15H27N3/c1-3-18(11-13-5-6-13)10-4-9-15(2,12-16)17-14-7-8-14/h13-14,17H,3-11H2,1-2H3. The van der Waals surface area contributed by atoms with Gasteiger partial charge in [0, 0.05) is 12.6 Å². The normalized spacial score (nSPS) is 22.8. The zero-order valence-electron chi connectivity index (χ0n) is 11.9. The second kappa shape index (κ2) is 6.04. The van der Waals surface area contributed by atoms with Crippen LogP contribution in [0.5, 0.6) is 0 Å². The number of rotatable bonds is 9. The molecule has 2 fully saturated rings. The number of nitrogens with zero attached hydrogens (tertiary/aromatic N) is 2. The Labute approximate surface area is 112 Å². The van der Waals surface area contributed by atoms with Gasteiger partial charge in [0.25, 0.3) is 0 Å². The molecule has 0 aromatic carbocycles. The van der Waals surface area contributed by atoms with Crippen molar-refractivity contribution in [1.29, 1.82) is 5.26 Å². The van der Waals surface area contributed by atoms with Crippen molar-refractivity contribution in [2.24, 2.45) is 5.92 Å². The van der Waals surface area contributed by atoms with Gasteiger partial charge in [0.2, 0.25) is 0 Å². The molecule has 0 heterocycles. The lowest BCUT2D eigenvalue weighted by Crippen LogP contribution is -2.43. The second-order valence-electron chi connectivity index (χ2n) is 6.30. The van der Waals surface area contributed by atoms with Crippen LogP contribution in [0.1, 0.15) is 52.4 Å². The minimum atomic E-state index is -0.305. The summed E-state index contributed by atoms with van der Waals surface area (Å²) in [5.41, 5.74) is -0.305. The predicted molar refractivity (Wildman–Crippen MR) is 74.2 cm³/mol. The Morgan fingerprint density at radius 1 is 1.33 bits per heavy atom. The molecule has 0 aromatic heterocycles. The van der Waals surface area contributed by atoms with E-state index in [1.54, 1.807) is 0 Å². The molecule has 0 bridgehead atoms. The molecule has 0 saturated heterocycles. The zero-order chi connectivity index (χ0) is 13.0. The van der Waals surface area contributed by atoms with Crippen molar-refractivity contribution in [3.8, 4) is 6.07 Å². The van der Waals surface area contributed by atoms with E-state index in [1.165, 1.54) is 32.2 Å². The fourth-order valence-electron chi connectivity index (χ4n) is 2.54. The number of nitrogens with one attached hydrogen (secondary N) is 1. The van der Waals surface area contributed by atoms with Crippen LogP contribution in [0.25, 0.3) is 0 Å². The van der Waals surface area contributed by atoms with E-state index in [1.807, 2.05) is 0 Å². The first-order valence-corrected chi connectivity index (χ1v) is 7.56. The zero-order valence-corrected chi connectivity index (χ0v) is 11.9. The van der Waals surface area contributed by atoms with Crippen molar-refractivity contribution >= 4 is 0 Å². The minimum absolute atomic E-state index is 0.305. The lowest BCUT2D eigenvalue weighted by molar-refractivity contribution is 0.259. The lowest BCUT2D eigenvalue weighted by atomic mass is 9.97. The third kappa shape index (κ3) is 4.59. The van der Waals surface area contributed by atoms with E-state index in [2.05, 4.69) is 30.1 Å². The molecule has 0 aliphatic heterocycles. The summed E-state index contributed by atoms with van der Waals surface area (Å²) in [5.74, 6) is 0.969. The second-order valence-corrected chi connectivity index (χ2v) is 6.30. The Morgan fingerprint density at radius 3 is 2.56 bits per heavy atom. The Bertz CT molecular complexity index is 301. The van der Waals surface area contributed by atoms with Gasteiger partial charge in [-0.25, -0.2) is 0 Å². The molecule has 1 N–H and O–H groups in total. The van der Waals surface area contributed by atoms with E-state index >= 15 is 0 Å². The van der Waals surface area contributed by atoms with Crippen molar-refractivity contribution in [3.63, 3.8) is 0 Å². The summed E-state index contributed by atoms with van der Waals surface area (Å²) in [6.07, 6.45) is 7.46. The molecule has 1 atom stereocenters. The van der Waals surface area contributed by atoms with Crippen LogP contribution in [0.3, 0.4) is 0 Å². The van der Waals surface area contributed by atoms with Crippen molar-refractivity contribution in [2.75, 3.05) is 19.6 Å². The average Bonchev–Trinajstić information content (AvgIpc) is 3.23. The van der Waals surface area contributed by atoms with Crippen LogP contribution in [-0.4, -0.2) is 36.1 Å². The highest BCUT2D eigenvalue weighted by Gasteiger charge is 2.32. The third-order valence-corrected chi connectivity index (χ3v) is 4.16. The van der Waals surface area contributed by atoms with Crippen LogP contribution in [-0.2, 0) is 0 Å². The molecule has 0 aromatic rings. The van der Waals surface area contributed by atoms with E-state index in [0.29, 0.717) is 6.04 Å². The molecule has 102 valence electrons. The van der Waals surface area contributed by atoms with Crippen LogP contribution in [0.2, 0.25) is 0 Å². The molecule has 3 nitrogen and oxygen atoms in total. The monoisotopic (exact) mass is 249 g/mol. The largest absolute Gasteiger partial charge is 0.303 e. The molecular weight excluding hydrogens is 222 g/mol. The summed E-state index contributed by atoms with van der Waals surface area (Å²) in [6.45, 7) is 7.87. The van der Waals surface area contributed by atoms with E-state index in [9.17, 15) is 5.26 Å². The molecule has 2 aliphatic carbocycles. The molecule has 0 amide bonds. The molecule has 0 radical (unpaired) electrons. The molecule has 1 unspecified atom stereocenters. The SMILES string of the molecule is CCN(CCCC(C)(C#N)NC1CC1)CC1CC1. The predicted octanol–water partition coefficient (Wildman–Crippen LogP) is 2.53. The van der Waals surface area contributed by atoms with E-state index in [0.717, 1.165) is 31.8 Å². The maximum atomic E-state index is 9.31. The van der Waals surface area contributed by atoms with Crippen LogP contribution >= 0.6 is 0 Å². The summed E-state index contributed by atoms with van der Waals surface area (Å²) in [5, 5.41) is 12.8. The van der Waals surface area contributed by atoms with E-state index in [-0.39, 0.29) is 5.54 Å². The van der Waals surface area contributed by atoms with Gasteiger partial charge < -0.3 is 4.90 Å².